The number of carboxylic acids is 1. The molecule has 0 bridgehead atoms. The summed E-state index contributed by atoms with van der Waals surface area (Å²) in [5, 5.41) is 9.75. The Hall–Kier alpha value is -0.890. The number of hydrogen-bond donors (Lipinski definition) is 1. The summed E-state index contributed by atoms with van der Waals surface area (Å²) in [6.07, 6.45) is 0.367. The highest BCUT2D eigenvalue weighted by Crippen LogP contribution is 2.28. The monoisotopic (exact) mass is 370 g/mol. The molecule has 1 saturated heterocycles. The van der Waals surface area contributed by atoms with Crippen LogP contribution >= 0.6 is 36.2 Å². The van der Waals surface area contributed by atoms with Crippen molar-refractivity contribution >= 4 is 48.0 Å². The van der Waals surface area contributed by atoms with Gasteiger partial charge in [-0.2, -0.15) is 0 Å². The van der Waals surface area contributed by atoms with Gasteiger partial charge in [0.1, 0.15) is 16.0 Å². The van der Waals surface area contributed by atoms with Crippen molar-refractivity contribution in [2.75, 3.05) is 20.2 Å². The molecular formula is C13H20Cl2N2O4S. The maximum absolute atomic E-state index is 12.4. The van der Waals surface area contributed by atoms with Gasteiger partial charge in [-0.05, 0) is 20.3 Å². The zero-order valence-electron chi connectivity index (χ0n) is 12.6. The predicted molar refractivity (Wildman–Crippen MR) is 88.4 cm³/mol. The van der Waals surface area contributed by atoms with E-state index in [1.165, 1.54) is 11.3 Å². The molecule has 6 nitrogen and oxygen atoms in total. The first-order chi connectivity index (χ1) is 9.43. The normalized spacial score (nSPS) is 18.3. The summed E-state index contributed by atoms with van der Waals surface area (Å²) in [4.78, 5) is 29.9. The minimum absolute atomic E-state index is 0. The van der Waals surface area contributed by atoms with E-state index in [1.807, 2.05) is 6.92 Å². The number of rotatable bonds is 4. The number of ether oxygens (including phenoxy) is 1. The van der Waals surface area contributed by atoms with E-state index in [-0.39, 0.29) is 43.4 Å². The number of thiazole rings is 1. The van der Waals surface area contributed by atoms with Crippen LogP contribution in [0.4, 0.5) is 0 Å². The number of aryl methyl sites for hydroxylation is 1. The third-order valence-electron chi connectivity index (χ3n) is 3.53. The molecule has 22 heavy (non-hydrogen) atoms. The second-order valence-corrected chi connectivity index (χ2v) is 5.95. The van der Waals surface area contributed by atoms with Crippen LogP contribution in [0, 0.1) is 12.8 Å². The van der Waals surface area contributed by atoms with E-state index in [0.717, 1.165) is 5.01 Å². The van der Waals surface area contributed by atoms with Crippen LogP contribution in [0.3, 0.4) is 0 Å². The lowest BCUT2D eigenvalue weighted by atomic mass is 10.1. The molecule has 1 aliphatic rings. The fraction of sp³-hybridized carbons (Fsp3) is 0.615. The smallest absolute Gasteiger partial charge is 0.308 e. The number of carbonyl (C=O) groups is 2. The van der Waals surface area contributed by atoms with Gasteiger partial charge in [0.15, 0.2) is 0 Å². The maximum atomic E-state index is 12.4. The van der Waals surface area contributed by atoms with Crippen molar-refractivity contribution in [1.29, 1.82) is 0 Å². The van der Waals surface area contributed by atoms with Crippen molar-refractivity contribution in [3.05, 3.63) is 15.6 Å². The summed E-state index contributed by atoms with van der Waals surface area (Å²) in [7, 11) is 1.60. The van der Waals surface area contributed by atoms with Crippen molar-refractivity contribution in [2.45, 2.75) is 26.4 Å². The fourth-order valence-corrected chi connectivity index (χ4v) is 3.24. The van der Waals surface area contributed by atoms with E-state index in [1.54, 1.807) is 18.9 Å². The van der Waals surface area contributed by atoms with Crippen LogP contribution in [-0.2, 0) is 9.53 Å². The largest absolute Gasteiger partial charge is 0.481 e. The Morgan fingerprint density at radius 3 is 2.59 bits per heavy atom. The Labute approximate surface area is 145 Å². The van der Waals surface area contributed by atoms with E-state index in [4.69, 9.17) is 9.84 Å². The average molecular weight is 371 g/mol. The van der Waals surface area contributed by atoms with Crippen molar-refractivity contribution in [1.82, 2.24) is 9.88 Å². The Balaban J connectivity index is 0.00000220. The molecule has 1 N–H and O–H groups in total. The number of halogens is 2. The zero-order valence-corrected chi connectivity index (χ0v) is 15.0. The molecule has 1 amide bonds. The minimum Gasteiger partial charge on any atom is -0.481 e. The van der Waals surface area contributed by atoms with Crippen LogP contribution in [0.15, 0.2) is 0 Å². The molecule has 0 aliphatic carbocycles. The van der Waals surface area contributed by atoms with Gasteiger partial charge in [0.25, 0.3) is 5.91 Å². The van der Waals surface area contributed by atoms with E-state index in [0.29, 0.717) is 23.5 Å². The molecule has 2 atom stereocenters. The van der Waals surface area contributed by atoms with Gasteiger partial charge in [-0.3, -0.25) is 9.59 Å². The Morgan fingerprint density at radius 1 is 1.45 bits per heavy atom. The molecule has 2 unspecified atom stereocenters. The van der Waals surface area contributed by atoms with Gasteiger partial charge in [-0.25, -0.2) is 4.98 Å². The summed E-state index contributed by atoms with van der Waals surface area (Å²) in [6, 6.07) is 0. The molecule has 1 aliphatic heterocycles. The second-order valence-electron chi connectivity index (χ2n) is 4.92. The van der Waals surface area contributed by atoms with Gasteiger partial charge in [-0.1, -0.05) is 0 Å². The SMILES string of the molecule is COC(C)c1nc(C)c(C(=O)N2CCC(C(=O)O)C2)s1.Cl.Cl. The number of aromatic nitrogens is 1. The van der Waals surface area contributed by atoms with Gasteiger partial charge in [0, 0.05) is 20.2 Å². The topological polar surface area (TPSA) is 79.7 Å². The summed E-state index contributed by atoms with van der Waals surface area (Å²) in [5.41, 5.74) is 0.678. The summed E-state index contributed by atoms with van der Waals surface area (Å²) in [5.74, 6) is -1.42. The third-order valence-corrected chi connectivity index (χ3v) is 4.84. The first kappa shape index (κ1) is 21.1. The molecular weight excluding hydrogens is 351 g/mol. The van der Waals surface area contributed by atoms with E-state index >= 15 is 0 Å². The average Bonchev–Trinajstić information content (AvgIpc) is 3.03. The number of methoxy groups -OCH3 is 1. The number of aliphatic carboxylic acids is 1. The van der Waals surface area contributed by atoms with Crippen molar-refractivity contribution in [2.24, 2.45) is 5.92 Å². The summed E-state index contributed by atoms with van der Waals surface area (Å²) >= 11 is 1.32. The van der Waals surface area contributed by atoms with Crippen molar-refractivity contribution < 1.29 is 19.4 Å². The first-order valence-corrected chi connectivity index (χ1v) is 7.28. The third kappa shape index (κ3) is 4.32. The fourth-order valence-electron chi connectivity index (χ4n) is 2.18. The van der Waals surface area contributed by atoms with Crippen LogP contribution in [0.1, 0.15) is 39.8 Å². The van der Waals surface area contributed by atoms with E-state index in [9.17, 15) is 9.59 Å². The molecule has 1 fully saturated rings. The van der Waals surface area contributed by atoms with E-state index < -0.39 is 11.9 Å². The predicted octanol–water partition coefficient (Wildman–Crippen LogP) is 2.55. The number of carbonyl (C=O) groups excluding carboxylic acids is 1. The minimum atomic E-state index is -0.838. The highest BCUT2D eigenvalue weighted by atomic mass is 35.5. The first-order valence-electron chi connectivity index (χ1n) is 6.46. The van der Waals surface area contributed by atoms with Crippen molar-refractivity contribution in [3.63, 3.8) is 0 Å². The summed E-state index contributed by atoms with van der Waals surface area (Å²) in [6.45, 7) is 4.44. The van der Waals surface area contributed by atoms with Crippen molar-refractivity contribution in [3.8, 4) is 0 Å². The van der Waals surface area contributed by atoms with Crippen LogP contribution in [0.25, 0.3) is 0 Å². The zero-order chi connectivity index (χ0) is 14.9. The standard InChI is InChI=1S/C13H18N2O4S.2ClH/c1-7-10(20-11(14-7)8(2)19-3)12(16)15-5-4-9(6-15)13(17)18;;/h8-9H,4-6H2,1-3H3,(H,17,18);2*1H. The lowest BCUT2D eigenvalue weighted by molar-refractivity contribution is -0.141. The Bertz CT molecular complexity index is 538. The highest BCUT2D eigenvalue weighted by molar-refractivity contribution is 7.13. The molecule has 0 spiro atoms. The van der Waals surface area contributed by atoms with Crippen LogP contribution in [0.2, 0.25) is 0 Å². The molecule has 0 aromatic carbocycles. The second kappa shape index (κ2) is 8.67. The van der Waals surface area contributed by atoms with Crippen LogP contribution in [0.5, 0.6) is 0 Å². The molecule has 2 heterocycles. The number of amides is 1. The Morgan fingerprint density at radius 2 is 2.09 bits per heavy atom. The molecule has 2 rings (SSSR count). The molecule has 9 heteroatoms. The maximum Gasteiger partial charge on any atom is 0.308 e. The quantitative estimate of drug-likeness (QED) is 0.880. The van der Waals surface area contributed by atoms with Gasteiger partial charge in [-0.15, -0.1) is 36.2 Å². The number of nitrogens with zero attached hydrogens (tertiary/aromatic N) is 2. The molecule has 126 valence electrons. The molecule has 0 saturated carbocycles. The number of carboxylic acid groups (broad SMARTS) is 1. The number of hydrogen-bond acceptors (Lipinski definition) is 5. The highest BCUT2D eigenvalue weighted by Gasteiger charge is 2.33. The molecule has 1 aromatic heterocycles. The van der Waals surface area contributed by atoms with Gasteiger partial charge >= 0.3 is 5.97 Å². The lowest BCUT2D eigenvalue weighted by Gasteiger charge is -2.14. The van der Waals surface area contributed by atoms with Crippen LogP contribution < -0.4 is 0 Å². The molecule has 0 radical (unpaired) electrons. The van der Waals surface area contributed by atoms with Gasteiger partial charge in [0.2, 0.25) is 0 Å². The number of likely N-dealkylation sites (tertiary alicyclic amines) is 1. The van der Waals surface area contributed by atoms with Gasteiger partial charge in [0.05, 0.1) is 11.6 Å². The molecule has 1 aromatic rings. The Kier molecular flexibility index (Phi) is 8.32. The van der Waals surface area contributed by atoms with E-state index in [2.05, 4.69) is 4.98 Å². The van der Waals surface area contributed by atoms with Gasteiger partial charge < -0.3 is 14.7 Å². The summed E-state index contributed by atoms with van der Waals surface area (Å²) < 4.78 is 5.20. The van der Waals surface area contributed by atoms with Crippen LogP contribution in [-0.4, -0.2) is 47.1 Å². The lowest BCUT2D eigenvalue weighted by Crippen LogP contribution is -2.29.